The van der Waals surface area contributed by atoms with Crippen LogP contribution in [0.1, 0.15) is 25.1 Å². The Balaban J connectivity index is 2.05. The van der Waals surface area contributed by atoms with Gasteiger partial charge in [0.15, 0.2) is 0 Å². The van der Waals surface area contributed by atoms with Gasteiger partial charge in [-0.25, -0.2) is 0 Å². The fraction of sp³-hybridized carbons (Fsp3) is 0.429. The molecule has 108 valence electrons. The molecule has 2 aromatic rings. The number of ether oxygens (including phenoxy) is 1. The van der Waals surface area contributed by atoms with Crippen molar-refractivity contribution in [1.29, 1.82) is 0 Å². The van der Waals surface area contributed by atoms with E-state index in [0.29, 0.717) is 12.6 Å². The first-order chi connectivity index (χ1) is 9.54. The molecule has 1 heterocycles. The summed E-state index contributed by atoms with van der Waals surface area (Å²) in [7, 11) is 1.84. The van der Waals surface area contributed by atoms with Crippen LogP contribution in [-0.4, -0.2) is 21.0 Å². The smallest absolute Gasteiger partial charge is 0.134 e. The van der Waals surface area contributed by atoms with E-state index in [-0.39, 0.29) is 0 Å². The van der Waals surface area contributed by atoms with Crippen LogP contribution in [-0.2, 0) is 20.2 Å². The predicted octanol–water partition coefficient (Wildman–Crippen LogP) is 2.65. The van der Waals surface area contributed by atoms with E-state index in [2.05, 4.69) is 51.5 Å². The largest absolute Gasteiger partial charge is 0.487 e. The van der Waals surface area contributed by atoms with E-state index >= 15 is 0 Å². The molecule has 0 atom stereocenters. The standard InChI is InChI=1S/C14H19BrN4O/c1-10(2)16-7-11-6-12(15)4-5-14(11)20-9-13-8-19(3)18-17-13/h4-6,8,10,16H,7,9H2,1-3H3. The monoisotopic (exact) mass is 338 g/mol. The van der Waals surface area contributed by atoms with Gasteiger partial charge in [0.25, 0.3) is 0 Å². The third-order valence-corrected chi connectivity index (χ3v) is 3.24. The number of hydrogen-bond donors (Lipinski definition) is 1. The van der Waals surface area contributed by atoms with E-state index < -0.39 is 0 Å². The molecule has 0 saturated heterocycles. The Hall–Kier alpha value is -1.40. The second-order valence-corrected chi connectivity index (χ2v) is 5.88. The maximum absolute atomic E-state index is 5.85. The number of aryl methyl sites for hydroxylation is 1. The van der Waals surface area contributed by atoms with Crippen LogP contribution >= 0.6 is 15.9 Å². The minimum Gasteiger partial charge on any atom is -0.487 e. The third kappa shape index (κ3) is 4.31. The van der Waals surface area contributed by atoms with Crippen LogP contribution < -0.4 is 10.1 Å². The molecule has 0 bridgehead atoms. The first-order valence-electron chi connectivity index (χ1n) is 6.54. The highest BCUT2D eigenvalue weighted by Crippen LogP contribution is 2.24. The zero-order valence-corrected chi connectivity index (χ0v) is 13.5. The Morgan fingerprint density at radius 1 is 1.40 bits per heavy atom. The zero-order valence-electron chi connectivity index (χ0n) is 11.9. The molecule has 0 unspecified atom stereocenters. The van der Waals surface area contributed by atoms with Gasteiger partial charge in [-0.2, -0.15) is 0 Å². The van der Waals surface area contributed by atoms with Crippen molar-refractivity contribution in [3.05, 3.63) is 40.1 Å². The van der Waals surface area contributed by atoms with E-state index in [0.717, 1.165) is 28.0 Å². The van der Waals surface area contributed by atoms with Gasteiger partial charge >= 0.3 is 0 Å². The Bertz CT molecular complexity index is 568. The van der Waals surface area contributed by atoms with E-state index in [1.165, 1.54) is 0 Å². The van der Waals surface area contributed by atoms with Gasteiger partial charge in [0.05, 0.1) is 6.20 Å². The molecular formula is C14H19BrN4O. The molecule has 0 aliphatic carbocycles. The lowest BCUT2D eigenvalue weighted by molar-refractivity contribution is 0.297. The van der Waals surface area contributed by atoms with Gasteiger partial charge in [0, 0.05) is 29.7 Å². The van der Waals surface area contributed by atoms with E-state index in [9.17, 15) is 0 Å². The van der Waals surface area contributed by atoms with E-state index in [1.54, 1.807) is 4.68 Å². The normalized spacial score (nSPS) is 11.1. The average Bonchev–Trinajstić information content (AvgIpc) is 2.81. The van der Waals surface area contributed by atoms with Crippen LogP contribution in [0.3, 0.4) is 0 Å². The summed E-state index contributed by atoms with van der Waals surface area (Å²) in [6.45, 7) is 5.44. The number of rotatable bonds is 6. The summed E-state index contributed by atoms with van der Waals surface area (Å²) in [6.07, 6.45) is 1.85. The summed E-state index contributed by atoms with van der Waals surface area (Å²) >= 11 is 3.49. The van der Waals surface area contributed by atoms with Gasteiger partial charge in [-0.05, 0) is 18.2 Å². The van der Waals surface area contributed by atoms with Crippen LogP contribution in [0.2, 0.25) is 0 Å². The number of nitrogens with zero attached hydrogens (tertiary/aromatic N) is 3. The van der Waals surface area contributed by atoms with Gasteiger partial charge in [-0.1, -0.05) is 35.0 Å². The SMILES string of the molecule is CC(C)NCc1cc(Br)ccc1OCc1cn(C)nn1. The topological polar surface area (TPSA) is 52.0 Å². The molecule has 1 aromatic carbocycles. The molecule has 20 heavy (non-hydrogen) atoms. The van der Waals surface area contributed by atoms with Crippen molar-refractivity contribution < 1.29 is 4.74 Å². The number of aromatic nitrogens is 3. The molecule has 0 amide bonds. The Morgan fingerprint density at radius 3 is 2.85 bits per heavy atom. The summed E-state index contributed by atoms with van der Waals surface area (Å²) in [5, 5.41) is 11.3. The minimum absolute atomic E-state index is 0.421. The molecule has 0 spiro atoms. The number of halogens is 1. The van der Waals surface area contributed by atoms with Crippen molar-refractivity contribution in [3.63, 3.8) is 0 Å². The summed E-state index contributed by atoms with van der Waals surface area (Å²) in [4.78, 5) is 0. The number of benzene rings is 1. The molecular weight excluding hydrogens is 320 g/mol. The summed E-state index contributed by atoms with van der Waals surface area (Å²) < 4.78 is 8.56. The van der Waals surface area contributed by atoms with Gasteiger partial charge in [-0.3, -0.25) is 4.68 Å². The fourth-order valence-electron chi connectivity index (χ4n) is 1.75. The number of hydrogen-bond acceptors (Lipinski definition) is 4. The Labute approximate surface area is 127 Å². The maximum atomic E-state index is 5.85. The zero-order chi connectivity index (χ0) is 14.5. The lowest BCUT2D eigenvalue weighted by Crippen LogP contribution is -2.22. The van der Waals surface area contributed by atoms with Crippen molar-refractivity contribution in [2.75, 3.05) is 0 Å². The first-order valence-corrected chi connectivity index (χ1v) is 7.33. The second-order valence-electron chi connectivity index (χ2n) is 4.96. The molecule has 0 aliphatic heterocycles. The highest BCUT2D eigenvalue weighted by molar-refractivity contribution is 9.10. The van der Waals surface area contributed by atoms with Crippen molar-refractivity contribution in [2.45, 2.75) is 33.0 Å². The van der Waals surface area contributed by atoms with E-state index in [1.807, 2.05) is 25.4 Å². The Kier molecular flexibility index (Phi) is 5.14. The van der Waals surface area contributed by atoms with Gasteiger partial charge in [0.2, 0.25) is 0 Å². The molecule has 0 saturated carbocycles. The van der Waals surface area contributed by atoms with Crippen molar-refractivity contribution in [3.8, 4) is 5.75 Å². The average molecular weight is 339 g/mol. The van der Waals surface area contributed by atoms with Gasteiger partial charge < -0.3 is 10.1 Å². The second kappa shape index (κ2) is 6.85. The Morgan fingerprint density at radius 2 is 2.20 bits per heavy atom. The van der Waals surface area contributed by atoms with Gasteiger partial charge in [-0.15, -0.1) is 5.10 Å². The summed E-state index contributed by atoms with van der Waals surface area (Å²) in [5.74, 6) is 0.868. The third-order valence-electron chi connectivity index (χ3n) is 2.75. The van der Waals surface area contributed by atoms with Crippen LogP contribution in [0, 0.1) is 0 Å². The van der Waals surface area contributed by atoms with E-state index in [4.69, 9.17) is 4.74 Å². The summed E-state index contributed by atoms with van der Waals surface area (Å²) in [6, 6.07) is 6.45. The molecule has 2 rings (SSSR count). The van der Waals surface area contributed by atoms with Crippen molar-refractivity contribution >= 4 is 15.9 Å². The lowest BCUT2D eigenvalue weighted by atomic mass is 10.2. The lowest BCUT2D eigenvalue weighted by Gasteiger charge is -2.13. The van der Waals surface area contributed by atoms with Crippen LogP contribution in [0.15, 0.2) is 28.9 Å². The molecule has 0 fully saturated rings. The van der Waals surface area contributed by atoms with Crippen LogP contribution in [0.4, 0.5) is 0 Å². The quantitative estimate of drug-likeness (QED) is 0.879. The highest BCUT2D eigenvalue weighted by Gasteiger charge is 2.07. The maximum Gasteiger partial charge on any atom is 0.134 e. The molecule has 0 radical (unpaired) electrons. The fourth-order valence-corrected chi connectivity index (χ4v) is 2.16. The minimum atomic E-state index is 0.421. The van der Waals surface area contributed by atoms with Gasteiger partial charge in [0.1, 0.15) is 18.1 Å². The molecule has 5 nitrogen and oxygen atoms in total. The predicted molar refractivity (Wildman–Crippen MR) is 81.5 cm³/mol. The first kappa shape index (κ1) is 15.0. The van der Waals surface area contributed by atoms with Crippen molar-refractivity contribution in [1.82, 2.24) is 20.3 Å². The number of nitrogens with one attached hydrogen (secondary N) is 1. The summed E-state index contributed by atoms with van der Waals surface area (Å²) in [5.41, 5.74) is 1.94. The molecule has 6 heteroatoms. The molecule has 1 N–H and O–H groups in total. The van der Waals surface area contributed by atoms with Crippen molar-refractivity contribution in [2.24, 2.45) is 7.05 Å². The highest BCUT2D eigenvalue weighted by atomic mass is 79.9. The molecule has 1 aromatic heterocycles. The molecule has 0 aliphatic rings. The van der Waals surface area contributed by atoms with Crippen LogP contribution in [0.5, 0.6) is 5.75 Å². The van der Waals surface area contributed by atoms with Crippen LogP contribution in [0.25, 0.3) is 0 Å².